The Morgan fingerprint density at radius 2 is 1.74 bits per heavy atom. The van der Waals surface area contributed by atoms with Crippen LogP contribution in [0.1, 0.15) is 22.3 Å². The molecule has 0 bridgehead atoms. The van der Waals surface area contributed by atoms with Gasteiger partial charge in [-0.25, -0.2) is 4.39 Å². The van der Waals surface area contributed by atoms with Gasteiger partial charge >= 0.3 is 0 Å². The third-order valence-electron chi connectivity index (χ3n) is 5.68. The van der Waals surface area contributed by atoms with Crippen molar-refractivity contribution in [2.24, 2.45) is 5.92 Å². The lowest BCUT2D eigenvalue weighted by atomic mass is 10.1. The normalized spacial score (nSPS) is 15.2. The van der Waals surface area contributed by atoms with Gasteiger partial charge in [-0.2, -0.15) is 0 Å². The SMILES string of the molecule is COc1ccc(CNC(=O)c2ccccc2NC(=O)[C@H]2CC(=O)N(c3ccccc3F)C2)cc1. The van der Waals surface area contributed by atoms with E-state index in [1.165, 1.54) is 17.0 Å². The summed E-state index contributed by atoms with van der Waals surface area (Å²) in [5.74, 6) is -1.53. The van der Waals surface area contributed by atoms with Crippen molar-refractivity contribution in [2.45, 2.75) is 13.0 Å². The van der Waals surface area contributed by atoms with Gasteiger partial charge in [0.25, 0.3) is 5.91 Å². The predicted molar refractivity (Wildman–Crippen MR) is 126 cm³/mol. The van der Waals surface area contributed by atoms with Crippen LogP contribution in [0.2, 0.25) is 0 Å². The van der Waals surface area contributed by atoms with Crippen molar-refractivity contribution < 1.29 is 23.5 Å². The van der Waals surface area contributed by atoms with Crippen molar-refractivity contribution in [3.63, 3.8) is 0 Å². The zero-order valence-electron chi connectivity index (χ0n) is 18.6. The number of halogens is 1. The smallest absolute Gasteiger partial charge is 0.253 e. The quantitative estimate of drug-likeness (QED) is 0.561. The molecular weight excluding hydrogens is 437 g/mol. The number of methoxy groups -OCH3 is 1. The molecule has 3 aromatic rings. The second-order valence-corrected chi connectivity index (χ2v) is 7.92. The highest BCUT2D eigenvalue weighted by Crippen LogP contribution is 2.28. The lowest BCUT2D eigenvalue weighted by Gasteiger charge is -2.17. The van der Waals surface area contributed by atoms with Crippen LogP contribution in [0.4, 0.5) is 15.8 Å². The fourth-order valence-corrected chi connectivity index (χ4v) is 3.83. The standard InChI is InChI=1S/C26H24FN3O4/c1-34-19-12-10-17(11-13-19)15-28-26(33)20-6-2-4-8-22(20)29-25(32)18-14-24(31)30(16-18)23-9-5-3-7-21(23)27/h2-13,18H,14-16H2,1H3,(H,28,33)(H,29,32)/t18-/m0/s1. The summed E-state index contributed by atoms with van der Waals surface area (Å²) < 4.78 is 19.3. The molecule has 4 rings (SSSR count). The number of carbonyl (C=O) groups is 3. The minimum absolute atomic E-state index is 0.0357. The van der Waals surface area contributed by atoms with Gasteiger partial charge < -0.3 is 20.3 Å². The molecule has 2 N–H and O–H groups in total. The molecule has 8 heteroatoms. The summed E-state index contributed by atoms with van der Waals surface area (Å²) in [6, 6.07) is 19.9. The molecule has 1 aliphatic rings. The van der Waals surface area contributed by atoms with Gasteiger partial charge in [0, 0.05) is 19.5 Å². The zero-order valence-corrected chi connectivity index (χ0v) is 18.6. The summed E-state index contributed by atoms with van der Waals surface area (Å²) in [6.45, 7) is 0.372. The maximum Gasteiger partial charge on any atom is 0.253 e. The summed E-state index contributed by atoms with van der Waals surface area (Å²) in [7, 11) is 1.58. The van der Waals surface area contributed by atoms with Gasteiger partial charge in [0.15, 0.2) is 0 Å². The monoisotopic (exact) mass is 461 g/mol. The Morgan fingerprint density at radius 3 is 2.47 bits per heavy atom. The van der Waals surface area contributed by atoms with Crippen molar-refractivity contribution >= 4 is 29.1 Å². The lowest BCUT2D eigenvalue weighted by molar-refractivity contribution is -0.122. The number of rotatable bonds is 7. The van der Waals surface area contributed by atoms with E-state index in [2.05, 4.69) is 10.6 Å². The Labute approximate surface area is 196 Å². The maximum absolute atomic E-state index is 14.1. The van der Waals surface area contributed by atoms with Crippen molar-refractivity contribution in [1.82, 2.24) is 5.32 Å². The van der Waals surface area contributed by atoms with E-state index in [1.807, 2.05) is 24.3 Å². The van der Waals surface area contributed by atoms with Crippen LogP contribution < -0.4 is 20.3 Å². The number of ether oxygens (including phenoxy) is 1. The first kappa shape index (κ1) is 23.0. The fraction of sp³-hybridized carbons (Fsp3) is 0.192. The van der Waals surface area contributed by atoms with Gasteiger partial charge in [0.05, 0.1) is 30.0 Å². The molecule has 34 heavy (non-hydrogen) atoms. The van der Waals surface area contributed by atoms with Crippen LogP contribution >= 0.6 is 0 Å². The van der Waals surface area contributed by atoms with Crippen LogP contribution in [0.3, 0.4) is 0 Å². The number of hydrogen-bond donors (Lipinski definition) is 2. The number of hydrogen-bond acceptors (Lipinski definition) is 4. The first-order chi connectivity index (χ1) is 16.5. The van der Waals surface area contributed by atoms with Crippen molar-refractivity contribution in [3.8, 4) is 5.75 Å². The molecule has 0 radical (unpaired) electrons. The zero-order chi connectivity index (χ0) is 24.1. The molecule has 3 aromatic carbocycles. The molecular formula is C26H24FN3O4. The van der Waals surface area contributed by atoms with E-state index in [0.29, 0.717) is 17.8 Å². The van der Waals surface area contributed by atoms with E-state index in [1.54, 1.807) is 43.5 Å². The molecule has 0 aromatic heterocycles. The molecule has 3 amide bonds. The molecule has 0 spiro atoms. The van der Waals surface area contributed by atoms with Gasteiger partial charge in [-0.15, -0.1) is 0 Å². The highest BCUT2D eigenvalue weighted by molar-refractivity contribution is 6.07. The summed E-state index contributed by atoms with van der Waals surface area (Å²) in [4.78, 5) is 39.4. The van der Waals surface area contributed by atoms with Crippen LogP contribution in [-0.4, -0.2) is 31.4 Å². The average molecular weight is 461 g/mol. The van der Waals surface area contributed by atoms with E-state index < -0.39 is 17.6 Å². The number of benzene rings is 3. The second-order valence-electron chi connectivity index (χ2n) is 7.92. The van der Waals surface area contributed by atoms with Gasteiger partial charge in [-0.3, -0.25) is 14.4 Å². The third kappa shape index (κ3) is 5.06. The summed E-state index contributed by atoms with van der Waals surface area (Å²) >= 11 is 0. The van der Waals surface area contributed by atoms with Crippen molar-refractivity contribution in [1.29, 1.82) is 0 Å². The summed E-state index contributed by atoms with van der Waals surface area (Å²) in [6.07, 6.45) is -0.0357. The minimum Gasteiger partial charge on any atom is -0.497 e. The molecule has 1 heterocycles. The summed E-state index contributed by atoms with van der Waals surface area (Å²) in [5, 5.41) is 5.61. The van der Waals surface area contributed by atoms with E-state index in [4.69, 9.17) is 4.74 Å². The van der Waals surface area contributed by atoms with E-state index in [-0.39, 0.29) is 30.5 Å². The van der Waals surface area contributed by atoms with Crippen LogP contribution in [0.25, 0.3) is 0 Å². The molecule has 1 atom stereocenters. The number of nitrogens with one attached hydrogen (secondary N) is 2. The molecule has 0 aliphatic carbocycles. The number of nitrogens with zero attached hydrogens (tertiary/aromatic N) is 1. The Hall–Kier alpha value is -4.20. The molecule has 1 saturated heterocycles. The van der Waals surface area contributed by atoms with Crippen LogP contribution in [0.15, 0.2) is 72.8 Å². The number of amides is 3. The van der Waals surface area contributed by atoms with Crippen molar-refractivity contribution in [2.75, 3.05) is 23.9 Å². The first-order valence-corrected chi connectivity index (χ1v) is 10.8. The molecule has 1 aliphatic heterocycles. The van der Waals surface area contributed by atoms with Gasteiger partial charge in [0.1, 0.15) is 11.6 Å². The largest absolute Gasteiger partial charge is 0.497 e. The third-order valence-corrected chi connectivity index (χ3v) is 5.68. The summed E-state index contributed by atoms with van der Waals surface area (Å²) in [5.41, 5.74) is 1.70. The Bertz CT molecular complexity index is 1210. The minimum atomic E-state index is -0.664. The highest BCUT2D eigenvalue weighted by atomic mass is 19.1. The average Bonchev–Trinajstić information content (AvgIpc) is 3.25. The molecule has 1 fully saturated rings. The number of carbonyl (C=O) groups excluding carboxylic acids is 3. The molecule has 0 unspecified atom stereocenters. The Balaban J connectivity index is 1.41. The maximum atomic E-state index is 14.1. The van der Waals surface area contributed by atoms with Gasteiger partial charge in [0.2, 0.25) is 11.8 Å². The topological polar surface area (TPSA) is 87.7 Å². The van der Waals surface area contributed by atoms with Gasteiger partial charge in [-0.05, 0) is 42.0 Å². The van der Waals surface area contributed by atoms with Crippen molar-refractivity contribution in [3.05, 3.63) is 89.7 Å². The lowest BCUT2D eigenvalue weighted by Crippen LogP contribution is -2.30. The number of anilines is 2. The Kier molecular flexibility index (Phi) is 6.87. The second kappa shape index (κ2) is 10.2. The van der Waals surface area contributed by atoms with Crippen LogP contribution in [-0.2, 0) is 16.1 Å². The Morgan fingerprint density at radius 1 is 1.03 bits per heavy atom. The highest BCUT2D eigenvalue weighted by Gasteiger charge is 2.36. The first-order valence-electron chi connectivity index (χ1n) is 10.8. The molecule has 0 saturated carbocycles. The molecule has 174 valence electrons. The fourth-order valence-electron chi connectivity index (χ4n) is 3.83. The van der Waals surface area contributed by atoms with E-state index in [9.17, 15) is 18.8 Å². The van der Waals surface area contributed by atoms with E-state index >= 15 is 0 Å². The van der Waals surface area contributed by atoms with E-state index in [0.717, 1.165) is 11.3 Å². The van der Waals surface area contributed by atoms with Crippen LogP contribution in [0, 0.1) is 11.7 Å². The van der Waals surface area contributed by atoms with Gasteiger partial charge in [-0.1, -0.05) is 36.4 Å². The number of para-hydroxylation sites is 2. The van der Waals surface area contributed by atoms with Crippen LogP contribution in [0.5, 0.6) is 5.75 Å². The molecule has 7 nitrogen and oxygen atoms in total. The predicted octanol–water partition coefficient (Wildman–Crippen LogP) is 3.76.